The Kier molecular flexibility index (Phi) is 5.55. The summed E-state index contributed by atoms with van der Waals surface area (Å²) in [4.78, 5) is 37.5. The standard InChI is InChI=1S/C19H20BrN7O3/c20-13-8-23-17-15(14(9-24-17)25-18(28)11-3-1-5-22-7-11)16(13)26-6-2-4-12(10-26)27(21)19(29)30/h1,3,5,7-9,12H,2,4,6,10,21H2,(H,23,24)(H,25,28)(H,29,30)/t12-/m0/s1. The number of carbonyl (C=O) groups excluding carboxylic acids is 1. The third-order valence-corrected chi connectivity index (χ3v) is 5.71. The molecule has 2 amide bonds. The summed E-state index contributed by atoms with van der Waals surface area (Å²) in [6, 6.07) is 3.05. The van der Waals surface area contributed by atoms with E-state index in [0.717, 1.165) is 33.5 Å². The second-order valence-corrected chi connectivity index (χ2v) is 7.86. The molecule has 1 aliphatic rings. The minimum Gasteiger partial charge on any atom is -0.464 e. The summed E-state index contributed by atoms with van der Waals surface area (Å²) in [5, 5.41) is 13.8. The average molecular weight is 474 g/mol. The van der Waals surface area contributed by atoms with Gasteiger partial charge in [-0.2, -0.15) is 0 Å². The van der Waals surface area contributed by atoms with Gasteiger partial charge in [0, 0.05) is 37.9 Å². The van der Waals surface area contributed by atoms with E-state index in [-0.39, 0.29) is 11.9 Å². The first-order chi connectivity index (χ1) is 14.5. The number of anilines is 2. The highest BCUT2D eigenvalue weighted by atomic mass is 79.9. The molecule has 10 nitrogen and oxygen atoms in total. The predicted molar refractivity (Wildman–Crippen MR) is 115 cm³/mol. The summed E-state index contributed by atoms with van der Waals surface area (Å²) >= 11 is 3.57. The van der Waals surface area contributed by atoms with Crippen LogP contribution in [0.5, 0.6) is 0 Å². The van der Waals surface area contributed by atoms with Gasteiger partial charge in [-0.3, -0.25) is 9.78 Å². The number of nitrogens with one attached hydrogen (secondary N) is 2. The SMILES string of the molecule is NN(C(=O)O)[C@H]1CCCN(c2c(Br)cnc3[nH]cc(NC(=O)c4cccnc4)c23)C1. The first-order valence-corrected chi connectivity index (χ1v) is 10.1. The van der Waals surface area contributed by atoms with E-state index in [1.807, 2.05) is 0 Å². The van der Waals surface area contributed by atoms with E-state index in [0.29, 0.717) is 29.9 Å². The molecule has 4 heterocycles. The third-order valence-electron chi connectivity index (χ3n) is 5.13. The first-order valence-electron chi connectivity index (χ1n) is 9.34. The van der Waals surface area contributed by atoms with Crippen molar-refractivity contribution in [1.82, 2.24) is 20.0 Å². The van der Waals surface area contributed by atoms with Gasteiger partial charge < -0.3 is 20.3 Å². The Morgan fingerprint density at radius 2 is 2.23 bits per heavy atom. The molecule has 0 radical (unpaired) electrons. The van der Waals surface area contributed by atoms with Gasteiger partial charge in [0.15, 0.2) is 0 Å². The molecule has 0 aliphatic carbocycles. The van der Waals surface area contributed by atoms with Gasteiger partial charge in [-0.05, 0) is 40.9 Å². The summed E-state index contributed by atoms with van der Waals surface area (Å²) in [5.41, 5.74) is 2.45. The van der Waals surface area contributed by atoms with Crippen LogP contribution in [0.3, 0.4) is 0 Å². The number of amides is 2. The summed E-state index contributed by atoms with van der Waals surface area (Å²) in [6.07, 6.45) is 6.78. The zero-order valence-corrected chi connectivity index (χ0v) is 17.5. The maximum absolute atomic E-state index is 12.6. The second-order valence-electron chi connectivity index (χ2n) is 7.01. The molecule has 0 unspecified atom stereocenters. The summed E-state index contributed by atoms with van der Waals surface area (Å²) in [7, 11) is 0. The van der Waals surface area contributed by atoms with E-state index in [9.17, 15) is 14.7 Å². The molecular weight excluding hydrogens is 454 g/mol. The molecule has 3 aromatic heterocycles. The van der Waals surface area contributed by atoms with Crippen LogP contribution in [-0.4, -0.2) is 56.2 Å². The van der Waals surface area contributed by atoms with Crippen molar-refractivity contribution in [3.63, 3.8) is 0 Å². The van der Waals surface area contributed by atoms with Gasteiger partial charge in [0.05, 0.1) is 32.8 Å². The number of piperidine rings is 1. The van der Waals surface area contributed by atoms with Crippen LogP contribution in [0.15, 0.2) is 41.4 Å². The Hall–Kier alpha value is -3.18. The van der Waals surface area contributed by atoms with Crippen molar-refractivity contribution in [2.45, 2.75) is 18.9 Å². The molecule has 0 aromatic carbocycles. The van der Waals surface area contributed by atoms with Crippen molar-refractivity contribution in [3.8, 4) is 0 Å². The number of pyridine rings is 2. The van der Waals surface area contributed by atoms with Crippen LogP contribution in [0, 0.1) is 0 Å². The van der Waals surface area contributed by atoms with Gasteiger partial charge in [0.25, 0.3) is 5.91 Å². The molecule has 0 bridgehead atoms. The van der Waals surface area contributed by atoms with E-state index in [1.54, 1.807) is 30.7 Å². The van der Waals surface area contributed by atoms with Crippen molar-refractivity contribution in [3.05, 3.63) is 47.0 Å². The normalized spacial score (nSPS) is 16.5. The molecule has 1 aliphatic heterocycles. The van der Waals surface area contributed by atoms with Crippen LogP contribution in [-0.2, 0) is 0 Å². The number of hydrazine groups is 1. The number of carboxylic acid groups (broad SMARTS) is 1. The minimum atomic E-state index is -1.16. The molecule has 3 aromatic rings. The predicted octanol–water partition coefficient (Wildman–Crippen LogP) is 2.80. The quantitative estimate of drug-likeness (QED) is 0.259. The van der Waals surface area contributed by atoms with Crippen molar-refractivity contribution in [2.75, 3.05) is 23.3 Å². The lowest BCUT2D eigenvalue weighted by Crippen LogP contribution is -2.53. The van der Waals surface area contributed by atoms with E-state index in [1.165, 1.54) is 6.20 Å². The van der Waals surface area contributed by atoms with Crippen LogP contribution in [0.2, 0.25) is 0 Å². The molecule has 4 rings (SSSR count). The summed E-state index contributed by atoms with van der Waals surface area (Å²) in [5.74, 6) is 5.45. The van der Waals surface area contributed by atoms with E-state index >= 15 is 0 Å². The van der Waals surface area contributed by atoms with Gasteiger partial charge in [0.2, 0.25) is 0 Å². The highest BCUT2D eigenvalue weighted by molar-refractivity contribution is 9.10. The zero-order valence-electron chi connectivity index (χ0n) is 15.9. The third kappa shape index (κ3) is 3.81. The van der Waals surface area contributed by atoms with Crippen LogP contribution in [0.1, 0.15) is 23.2 Å². The Balaban J connectivity index is 1.70. The minimum absolute atomic E-state index is 0.287. The lowest BCUT2D eigenvalue weighted by molar-refractivity contribution is 0.102. The summed E-state index contributed by atoms with van der Waals surface area (Å²) in [6.45, 7) is 1.16. The number of carbonyl (C=O) groups is 2. The number of H-pyrrole nitrogens is 1. The van der Waals surface area contributed by atoms with Crippen molar-refractivity contribution >= 4 is 50.3 Å². The molecule has 0 saturated carbocycles. The number of rotatable bonds is 4. The number of nitrogens with zero attached hydrogens (tertiary/aromatic N) is 4. The molecule has 0 spiro atoms. The fraction of sp³-hybridized carbons (Fsp3) is 0.263. The van der Waals surface area contributed by atoms with E-state index in [2.05, 4.69) is 41.1 Å². The highest BCUT2D eigenvalue weighted by Gasteiger charge is 2.29. The first kappa shape index (κ1) is 20.1. The maximum atomic E-state index is 12.6. The van der Waals surface area contributed by atoms with Gasteiger partial charge in [0.1, 0.15) is 5.65 Å². The lowest BCUT2D eigenvalue weighted by atomic mass is 10.0. The number of fused-ring (bicyclic) bond motifs is 1. The molecule has 11 heteroatoms. The molecule has 5 N–H and O–H groups in total. The molecule has 1 atom stereocenters. The van der Waals surface area contributed by atoms with Gasteiger partial charge >= 0.3 is 6.09 Å². The Morgan fingerprint density at radius 1 is 1.40 bits per heavy atom. The van der Waals surface area contributed by atoms with Crippen LogP contribution in [0.4, 0.5) is 16.2 Å². The monoisotopic (exact) mass is 473 g/mol. The smallest absolute Gasteiger partial charge is 0.421 e. The zero-order chi connectivity index (χ0) is 21.3. The Bertz CT molecular complexity index is 1090. The topological polar surface area (TPSA) is 140 Å². The average Bonchev–Trinajstić information content (AvgIpc) is 3.16. The molecule has 156 valence electrons. The van der Waals surface area contributed by atoms with Crippen molar-refractivity contribution < 1.29 is 14.7 Å². The Labute approximate surface area is 180 Å². The number of hydrogen-bond acceptors (Lipinski definition) is 6. The molecule has 30 heavy (non-hydrogen) atoms. The van der Waals surface area contributed by atoms with Crippen LogP contribution >= 0.6 is 15.9 Å². The highest BCUT2D eigenvalue weighted by Crippen LogP contribution is 2.39. The second kappa shape index (κ2) is 8.28. The van der Waals surface area contributed by atoms with E-state index in [4.69, 9.17) is 5.84 Å². The van der Waals surface area contributed by atoms with Crippen LogP contribution in [0.25, 0.3) is 11.0 Å². The van der Waals surface area contributed by atoms with Gasteiger partial charge in [-0.25, -0.2) is 20.6 Å². The largest absolute Gasteiger partial charge is 0.464 e. The number of hydrogen-bond donors (Lipinski definition) is 4. The molecule has 1 fully saturated rings. The fourth-order valence-corrected chi connectivity index (χ4v) is 4.25. The lowest BCUT2D eigenvalue weighted by Gasteiger charge is -2.38. The number of nitrogens with two attached hydrogens (primary N) is 1. The van der Waals surface area contributed by atoms with E-state index < -0.39 is 6.09 Å². The molecular formula is C19H20BrN7O3. The van der Waals surface area contributed by atoms with Crippen molar-refractivity contribution in [1.29, 1.82) is 0 Å². The fourth-order valence-electron chi connectivity index (χ4n) is 3.70. The number of halogens is 1. The number of aromatic amines is 1. The summed E-state index contributed by atoms with van der Waals surface area (Å²) < 4.78 is 0.742. The van der Waals surface area contributed by atoms with Crippen molar-refractivity contribution in [2.24, 2.45) is 5.84 Å². The van der Waals surface area contributed by atoms with Gasteiger partial charge in [-0.1, -0.05) is 0 Å². The number of aromatic nitrogens is 3. The Morgan fingerprint density at radius 3 is 2.97 bits per heavy atom. The van der Waals surface area contributed by atoms with Crippen LogP contribution < -0.4 is 16.1 Å². The van der Waals surface area contributed by atoms with Gasteiger partial charge in [-0.15, -0.1) is 0 Å². The molecule has 1 saturated heterocycles. The maximum Gasteiger partial charge on any atom is 0.421 e.